The Kier molecular flexibility index (Phi) is 8.02. The van der Waals surface area contributed by atoms with E-state index in [0.29, 0.717) is 31.4 Å². The van der Waals surface area contributed by atoms with E-state index in [-0.39, 0.29) is 11.9 Å². The highest BCUT2D eigenvalue weighted by Crippen LogP contribution is 2.21. The molecule has 2 rings (SSSR count). The lowest BCUT2D eigenvalue weighted by Gasteiger charge is -2.33. The zero-order chi connectivity index (χ0) is 18.2. The molecule has 1 amide bonds. The van der Waals surface area contributed by atoms with E-state index in [9.17, 15) is 9.18 Å². The minimum atomic E-state index is -0.459. The number of rotatable bonds is 3. The summed E-state index contributed by atoms with van der Waals surface area (Å²) in [5.74, 6) is 0.817. The van der Waals surface area contributed by atoms with Crippen molar-refractivity contribution >= 4 is 6.09 Å². The Morgan fingerprint density at radius 2 is 1.71 bits per heavy atom. The molecule has 0 aliphatic carbocycles. The van der Waals surface area contributed by atoms with Gasteiger partial charge in [-0.2, -0.15) is 0 Å². The number of ether oxygens (including phenoxy) is 2. The number of likely N-dealkylation sites (tertiary alicyclic amines) is 1. The lowest BCUT2D eigenvalue weighted by atomic mass is 9.98. The first-order valence-electron chi connectivity index (χ1n) is 8.70. The highest BCUT2D eigenvalue weighted by Gasteiger charge is 2.27. The van der Waals surface area contributed by atoms with Crippen molar-refractivity contribution in [2.24, 2.45) is 5.92 Å². The Morgan fingerprint density at radius 3 is 2.21 bits per heavy atom. The van der Waals surface area contributed by atoms with Crippen LogP contribution in [0.1, 0.15) is 47.5 Å². The Labute approximate surface area is 144 Å². The number of benzene rings is 1. The van der Waals surface area contributed by atoms with E-state index in [1.165, 1.54) is 12.1 Å². The summed E-state index contributed by atoms with van der Waals surface area (Å²) in [6.45, 7) is 11.6. The molecule has 0 atom stereocenters. The van der Waals surface area contributed by atoms with E-state index in [0.717, 1.165) is 12.8 Å². The Hall–Kier alpha value is -1.78. The molecule has 1 aliphatic heterocycles. The number of carbonyl (C=O) groups excluding carboxylic acids is 1. The van der Waals surface area contributed by atoms with E-state index < -0.39 is 5.60 Å². The SMILES string of the molecule is CC.CC(C)(C)OC(=O)N1CCC(COc2ccc(F)cc2)CC1. The van der Waals surface area contributed by atoms with Crippen LogP contribution in [-0.2, 0) is 4.74 Å². The molecule has 24 heavy (non-hydrogen) atoms. The smallest absolute Gasteiger partial charge is 0.410 e. The molecular formula is C19H30FNO3. The minimum absolute atomic E-state index is 0.245. The van der Waals surface area contributed by atoms with Crippen LogP contribution < -0.4 is 4.74 Å². The molecule has 5 heteroatoms. The minimum Gasteiger partial charge on any atom is -0.493 e. The number of nitrogens with zero attached hydrogens (tertiary/aromatic N) is 1. The van der Waals surface area contributed by atoms with Crippen molar-refractivity contribution in [2.75, 3.05) is 19.7 Å². The molecule has 1 aromatic carbocycles. The Bertz CT molecular complexity index is 488. The number of halogens is 1. The van der Waals surface area contributed by atoms with Crippen molar-refractivity contribution in [1.29, 1.82) is 0 Å². The fourth-order valence-corrected chi connectivity index (χ4v) is 2.35. The van der Waals surface area contributed by atoms with Crippen LogP contribution in [0.4, 0.5) is 9.18 Å². The molecule has 0 radical (unpaired) electrons. The van der Waals surface area contributed by atoms with Gasteiger partial charge in [0, 0.05) is 13.1 Å². The molecule has 136 valence electrons. The van der Waals surface area contributed by atoms with E-state index in [2.05, 4.69) is 0 Å². The number of carbonyl (C=O) groups is 1. The molecule has 1 aliphatic rings. The van der Waals surface area contributed by atoms with Gasteiger partial charge in [0.2, 0.25) is 0 Å². The van der Waals surface area contributed by atoms with Crippen molar-refractivity contribution in [1.82, 2.24) is 4.90 Å². The van der Waals surface area contributed by atoms with Crippen LogP contribution in [0.2, 0.25) is 0 Å². The van der Waals surface area contributed by atoms with Crippen molar-refractivity contribution in [3.05, 3.63) is 30.1 Å². The summed E-state index contributed by atoms with van der Waals surface area (Å²) >= 11 is 0. The molecule has 0 N–H and O–H groups in total. The summed E-state index contributed by atoms with van der Waals surface area (Å²) in [7, 11) is 0. The van der Waals surface area contributed by atoms with Crippen LogP contribution in [0.15, 0.2) is 24.3 Å². The average molecular weight is 339 g/mol. The first-order chi connectivity index (χ1) is 11.3. The second-order valence-corrected chi connectivity index (χ2v) is 6.68. The van der Waals surface area contributed by atoms with Gasteiger partial charge in [-0.25, -0.2) is 9.18 Å². The van der Waals surface area contributed by atoms with Gasteiger partial charge in [0.1, 0.15) is 17.2 Å². The summed E-state index contributed by atoms with van der Waals surface area (Å²) in [5, 5.41) is 0. The highest BCUT2D eigenvalue weighted by atomic mass is 19.1. The van der Waals surface area contributed by atoms with Gasteiger partial charge >= 0.3 is 6.09 Å². The fourth-order valence-electron chi connectivity index (χ4n) is 2.35. The Morgan fingerprint density at radius 1 is 1.17 bits per heavy atom. The summed E-state index contributed by atoms with van der Waals surface area (Å²) < 4.78 is 23.9. The van der Waals surface area contributed by atoms with Crippen molar-refractivity contribution in [3.8, 4) is 5.75 Å². The second kappa shape index (κ2) is 9.50. The van der Waals surface area contributed by atoms with Crippen LogP contribution in [0, 0.1) is 11.7 Å². The quantitative estimate of drug-likeness (QED) is 0.788. The van der Waals surface area contributed by atoms with E-state index >= 15 is 0 Å². The third-order valence-corrected chi connectivity index (χ3v) is 3.57. The largest absolute Gasteiger partial charge is 0.493 e. The van der Waals surface area contributed by atoms with Crippen molar-refractivity contribution < 1.29 is 18.7 Å². The molecule has 1 saturated heterocycles. The zero-order valence-corrected chi connectivity index (χ0v) is 15.5. The maximum absolute atomic E-state index is 12.8. The average Bonchev–Trinajstić information content (AvgIpc) is 2.55. The molecule has 0 saturated carbocycles. The third kappa shape index (κ3) is 7.20. The molecule has 4 nitrogen and oxygen atoms in total. The fraction of sp³-hybridized carbons (Fsp3) is 0.632. The molecule has 1 heterocycles. The molecule has 0 spiro atoms. The zero-order valence-electron chi connectivity index (χ0n) is 15.5. The summed E-state index contributed by atoms with van der Waals surface area (Å²) in [5.41, 5.74) is -0.459. The van der Waals surface area contributed by atoms with Gasteiger partial charge in [-0.15, -0.1) is 0 Å². The number of hydrogen-bond donors (Lipinski definition) is 0. The molecule has 0 aromatic heterocycles. The number of piperidine rings is 1. The monoisotopic (exact) mass is 339 g/mol. The van der Waals surface area contributed by atoms with Crippen LogP contribution in [0.3, 0.4) is 0 Å². The molecule has 1 aromatic rings. The molecular weight excluding hydrogens is 309 g/mol. The summed E-state index contributed by atoms with van der Waals surface area (Å²) in [4.78, 5) is 13.7. The standard InChI is InChI=1S/C17H24FNO3.C2H6/c1-17(2,3)22-16(20)19-10-8-13(9-11-19)12-21-15-6-4-14(18)5-7-15;1-2/h4-7,13H,8-12H2,1-3H3;1-2H3. The first-order valence-corrected chi connectivity index (χ1v) is 8.70. The lowest BCUT2D eigenvalue weighted by molar-refractivity contribution is 0.0165. The van der Waals surface area contributed by atoms with Crippen molar-refractivity contribution in [3.63, 3.8) is 0 Å². The van der Waals surface area contributed by atoms with E-state index in [1.54, 1.807) is 17.0 Å². The first kappa shape index (κ1) is 20.3. The van der Waals surface area contributed by atoms with Crippen LogP contribution in [0.25, 0.3) is 0 Å². The van der Waals surface area contributed by atoms with Gasteiger partial charge in [-0.1, -0.05) is 13.8 Å². The summed E-state index contributed by atoms with van der Waals surface area (Å²) in [6, 6.07) is 6.04. The Balaban J connectivity index is 0.00000139. The van der Waals surface area contributed by atoms with E-state index in [4.69, 9.17) is 9.47 Å². The normalized spacial score (nSPS) is 15.3. The van der Waals surface area contributed by atoms with Crippen molar-refractivity contribution in [2.45, 2.75) is 53.1 Å². The molecule has 0 bridgehead atoms. The highest BCUT2D eigenvalue weighted by molar-refractivity contribution is 5.68. The maximum atomic E-state index is 12.8. The van der Waals surface area contributed by atoms with Gasteiger partial charge in [0.05, 0.1) is 6.61 Å². The van der Waals surface area contributed by atoms with Gasteiger partial charge in [0.15, 0.2) is 0 Å². The third-order valence-electron chi connectivity index (χ3n) is 3.57. The molecule has 0 unspecified atom stereocenters. The van der Waals surface area contributed by atoms with Crippen LogP contribution in [-0.4, -0.2) is 36.3 Å². The predicted molar refractivity (Wildman–Crippen MR) is 93.8 cm³/mol. The topological polar surface area (TPSA) is 38.8 Å². The summed E-state index contributed by atoms with van der Waals surface area (Å²) in [6.07, 6.45) is 1.53. The maximum Gasteiger partial charge on any atom is 0.410 e. The van der Waals surface area contributed by atoms with Gasteiger partial charge in [0.25, 0.3) is 0 Å². The van der Waals surface area contributed by atoms with Gasteiger partial charge in [-0.05, 0) is 63.8 Å². The molecule has 1 fully saturated rings. The van der Waals surface area contributed by atoms with Gasteiger partial charge in [-0.3, -0.25) is 0 Å². The number of hydrogen-bond acceptors (Lipinski definition) is 3. The van der Waals surface area contributed by atoms with Gasteiger partial charge < -0.3 is 14.4 Å². The predicted octanol–water partition coefficient (Wildman–Crippen LogP) is 4.88. The lowest BCUT2D eigenvalue weighted by Crippen LogP contribution is -2.42. The van der Waals surface area contributed by atoms with Crippen LogP contribution >= 0.6 is 0 Å². The van der Waals surface area contributed by atoms with Crippen LogP contribution in [0.5, 0.6) is 5.75 Å². The second-order valence-electron chi connectivity index (χ2n) is 6.68. The van der Waals surface area contributed by atoms with E-state index in [1.807, 2.05) is 34.6 Å². The number of amides is 1.